The maximum absolute atomic E-state index is 12.0. The lowest BCUT2D eigenvalue weighted by Crippen LogP contribution is -2.29. The fraction of sp³-hybridized carbons (Fsp3) is 0.500. The predicted octanol–water partition coefficient (Wildman–Crippen LogP) is 1.42. The molecule has 2 atom stereocenters. The molecular weight excluding hydrogens is 218 g/mol. The van der Waals surface area contributed by atoms with Crippen molar-refractivity contribution in [2.45, 2.75) is 25.9 Å². The number of carbonyl (C=O) groups excluding carboxylic acids is 1. The topological polar surface area (TPSA) is 77.2 Å². The molecule has 1 aliphatic rings. The van der Waals surface area contributed by atoms with Crippen LogP contribution in [0, 0.1) is 5.92 Å². The van der Waals surface area contributed by atoms with Gasteiger partial charge in [-0.25, -0.2) is 4.98 Å². The van der Waals surface area contributed by atoms with Gasteiger partial charge in [-0.2, -0.15) is 0 Å². The molecule has 92 valence electrons. The summed E-state index contributed by atoms with van der Waals surface area (Å²) in [5.74, 6) is 0.386. The average Bonchev–Trinajstić information content (AvgIpc) is 2.80. The van der Waals surface area contributed by atoms with Gasteiger partial charge in [-0.15, -0.1) is 0 Å². The minimum Gasteiger partial charge on any atom is -0.384 e. The maximum Gasteiger partial charge on any atom is 0.230 e. The van der Waals surface area contributed by atoms with Crippen molar-refractivity contribution in [3.63, 3.8) is 0 Å². The number of nitrogen functional groups attached to an aromatic ring is 1. The van der Waals surface area contributed by atoms with Gasteiger partial charge >= 0.3 is 0 Å². The van der Waals surface area contributed by atoms with Crippen molar-refractivity contribution in [2.24, 2.45) is 5.92 Å². The molecule has 1 aromatic rings. The molecule has 0 spiro atoms. The molecule has 2 rings (SSSR count). The van der Waals surface area contributed by atoms with Crippen LogP contribution in [-0.2, 0) is 9.53 Å². The van der Waals surface area contributed by atoms with Crippen LogP contribution in [0.2, 0.25) is 0 Å². The summed E-state index contributed by atoms with van der Waals surface area (Å²) in [5, 5.41) is 2.84. The predicted molar refractivity (Wildman–Crippen MR) is 65.4 cm³/mol. The number of anilines is 2. The first-order valence-electron chi connectivity index (χ1n) is 5.84. The zero-order valence-corrected chi connectivity index (χ0v) is 9.85. The van der Waals surface area contributed by atoms with Crippen molar-refractivity contribution in [1.29, 1.82) is 0 Å². The van der Waals surface area contributed by atoms with Crippen LogP contribution in [0.3, 0.4) is 0 Å². The van der Waals surface area contributed by atoms with Crippen LogP contribution in [-0.4, -0.2) is 23.6 Å². The van der Waals surface area contributed by atoms with Crippen molar-refractivity contribution >= 4 is 17.4 Å². The number of hydrogen-bond donors (Lipinski definition) is 2. The van der Waals surface area contributed by atoms with E-state index in [1.165, 1.54) is 0 Å². The highest BCUT2D eigenvalue weighted by molar-refractivity contribution is 5.93. The first-order chi connectivity index (χ1) is 8.20. The minimum absolute atomic E-state index is 0.000853. The second-order valence-corrected chi connectivity index (χ2v) is 4.17. The van der Waals surface area contributed by atoms with Crippen molar-refractivity contribution in [2.75, 3.05) is 17.7 Å². The van der Waals surface area contributed by atoms with Crippen LogP contribution >= 0.6 is 0 Å². The second-order valence-electron chi connectivity index (χ2n) is 4.17. The van der Waals surface area contributed by atoms with E-state index in [4.69, 9.17) is 10.5 Å². The molecule has 1 saturated heterocycles. The largest absolute Gasteiger partial charge is 0.384 e. The molecule has 17 heavy (non-hydrogen) atoms. The first kappa shape index (κ1) is 11.9. The van der Waals surface area contributed by atoms with E-state index in [0.717, 1.165) is 12.8 Å². The third kappa shape index (κ3) is 2.74. The van der Waals surface area contributed by atoms with Gasteiger partial charge in [0, 0.05) is 6.61 Å². The van der Waals surface area contributed by atoms with Crippen LogP contribution in [0.25, 0.3) is 0 Å². The minimum atomic E-state index is -0.0578. The number of aromatic nitrogens is 1. The molecule has 0 aromatic carbocycles. The number of carbonyl (C=O) groups is 1. The van der Waals surface area contributed by atoms with Gasteiger partial charge in [0.25, 0.3) is 0 Å². The molecule has 2 heterocycles. The van der Waals surface area contributed by atoms with Crippen molar-refractivity contribution in [3.8, 4) is 0 Å². The quantitative estimate of drug-likeness (QED) is 0.830. The number of ether oxygens (including phenoxy) is 1. The fourth-order valence-electron chi connectivity index (χ4n) is 2.06. The fourth-order valence-corrected chi connectivity index (χ4v) is 2.06. The summed E-state index contributed by atoms with van der Waals surface area (Å²) in [6.45, 7) is 2.69. The lowest BCUT2D eigenvalue weighted by molar-refractivity contribution is -0.121. The summed E-state index contributed by atoms with van der Waals surface area (Å²) >= 11 is 0. The van der Waals surface area contributed by atoms with Gasteiger partial charge in [0.15, 0.2) is 0 Å². The summed E-state index contributed by atoms with van der Waals surface area (Å²) in [6, 6.07) is 3.41. The number of hydrogen-bond acceptors (Lipinski definition) is 4. The number of nitrogens with zero attached hydrogens (tertiary/aromatic N) is 1. The Kier molecular flexibility index (Phi) is 3.58. The normalized spacial score (nSPS) is 23.6. The van der Waals surface area contributed by atoms with Gasteiger partial charge < -0.3 is 15.8 Å². The van der Waals surface area contributed by atoms with E-state index in [1.807, 2.05) is 6.92 Å². The van der Waals surface area contributed by atoms with E-state index in [2.05, 4.69) is 10.3 Å². The zero-order valence-electron chi connectivity index (χ0n) is 9.85. The molecule has 5 nitrogen and oxygen atoms in total. The zero-order chi connectivity index (χ0) is 12.3. The summed E-state index contributed by atoms with van der Waals surface area (Å²) in [7, 11) is 0. The highest BCUT2D eigenvalue weighted by Crippen LogP contribution is 2.24. The van der Waals surface area contributed by atoms with E-state index in [-0.39, 0.29) is 17.9 Å². The van der Waals surface area contributed by atoms with E-state index >= 15 is 0 Å². The SMILES string of the molecule is CCC1OCCC1C(=O)Nc1ccc(N)nc1. The Morgan fingerprint density at radius 3 is 3.12 bits per heavy atom. The highest BCUT2D eigenvalue weighted by Gasteiger charge is 2.32. The smallest absolute Gasteiger partial charge is 0.230 e. The third-order valence-corrected chi connectivity index (χ3v) is 3.00. The Morgan fingerprint density at radius 2 is 2.47 bits per heavy atom. The third-order valence-electron chi connectivity index (χ3n) is 3.00. The van der Waals surface area contributed by atoms with Crippen LogP contribution in [0.1, 0.15) is 19.8 Å². The van der Waals surface area contributed by atoms with Crippen LogP contribution < -0.4 is 11.1 Å². The van der Waals surface area contributed by atoms with Crippen LogP contribution in [0.15, 0.2) is 18.3 Å². The van der Waals surface area contributed by atoms with Gasteiger partial charge in [0.2, 0.25) is 5.91 Å². The number of amides is 1. The number of rotatable bonds is 3. The molecule has 0 aliphatic carbocycles. The van der Waals surface area contributed by atoms with Crippen LogP contribution in [0.4, 0.5) is 11.5 Å². The lowest BCUT2D eigenvalue weighted by Gasteiger charge is -2.16. The molecule has 5 heteroatoms. The molecule has 1 aliphatic heterocycles. The number of nitrogens with one attached hydrogen (secondary N) is 1. The molecule has 1 amide bonds. The molecule has 1 fully saturated rings. The van der Waals surface area contributed by atoms with Crippen molar-refractivity contribution in [3.05, 3.63) is 18.3 Å². The number of nitrogens with two attached hydrogens (primary N) is 1. The van der Waals surface area contributed by atoms with Gasteiger partial charge in [-0.1, -0.05) is 6.92 Å². The Hall–Kier alpha value is -1.62. The Labute approximate surface area is 100 Å². The van der Waals surface area contributed by atoms with Crippen molar-refractivity contribution in [1.82, 2.24) is 4.98 Å². The summed E-state index contributed by atoms with van der Waals surface area (Å²) in [5.41, 5.74) is 6.15. The number of pyridine rings is 1. The summed E-state index contributed by atoms with van der Waals surface area (Å²) in [6.07, 6.45) is 3.24. The average molecular weight is 235 g/mol. The van der Waals surface area contributed by atoms with Gasteiger partial charge in [0.1, 0.15) is 5.82 Å². The first-order valence-corrected chi connectivity index (χ1v) is 5.84. The van der Waals surface area contributed by atoms with E-state index in [0.29, 0.717) is 18.1 Å². The van der Waals surface area contributed by atoms with Gasteiger partial charge in [-0.05, 0) is 25.0 Å². The molecule has 0 saturated carbocycles. The monoisotopic (exact) mass is 235 g/mol. The van der Waals surface area contributed by atoms with E-state index in [1.54, 1.807) is 18.3 Å². The van der Waals surface area contributed by atoms with Crippen molar-refractivity contribution < 1.29 is 9.53 Å². The van der Waals surface area contributed by atoms with Gasteiger partial charge in [-0.3, -0.25) is 4.79 Å². The Morgan fingerprint density at radius 1 is 1.65 bits per heavy atom. The molecule has 2 unspecified atom stereocenters. The molecule has 0 radical (unpaired) electrons. The second kappa shape index (κ2) is 5.14. The molecule has 0 bridgehead atoms. The summed E-state index contributed by atoms with van der Waals surface area (Å²) in [4.78, 5) is 15.9. The lowest BCUT2D eigenvalue weighted by atomic mass is 9.98. The summed E-state index contributed by atoms with van der Waals surface area (Å²) < 4.78 is 5.50. The standard InChI is InChI=1S/C12H17N3O2/c1-2-10-9(5-6-17-10)12(16)15-8-3-4-11(13)14-7-8/h3-4,7,9-10H,2,5-6H2,1H3,(H2,13,14)(H,15,16). The Bertz CT molecular complexity index is 391. The van der Waals surface area contributed by atoms with E-state index in [9.17, 15) is 4.79 Å². The maximum atomic E-state index is 12.0. The Balaban J connectivity index is 1.99. The van der Waals surface area contributed by atoms with E-state index < -0.39 is 0 Å². The highest BCUT2D eigenvalue weighted by atomic mass is 16.5. The van der Waals surface area contributed by atoms with Crippen LogP contribution in [0.5, 0.6) is 0 Å². The van der Waals surface area contributed by atoms with Gasteiger partial charge in [0.05, 0.1) is 23.9 Å². The molecular formula is C12H17N3O2. The molecule has 1 aromatic heterocycles. The molecule has 3 N–H and O–H groups in total.